The van der Waals surface area contributed by atoms with Gasteiger partial charge in [0.15, 0.2) is 0 Å². The van der Waals surface area contributed by atoms with Crippen LogP contribution >= 0.6 is 0 Å². The van der Waals surface area contributed by atoms with E-state index in [2.05, 4.69) is 10.6 Å². The molecule has 0 aromatic heterocycles. The van der Waals surface area contributed by atoms with Crippen molar-refractivity contribution in [3.63, 3.8) is 0 Å². The molecule has 2 aromatic rings. The number of carbonyl (C=O) groups is 4. The number of imide groups is 1. The number of hydrogen-bond acceptors (Lipinski definition) is 6. The molecule has 0 bridgehead atoms. The SMILES string of the molecule is CC(C)(C)C(NC(=O)C(F)(F)F)C(=O)NC(Cc1ccccc1F)C(=O)N1C(=O)[C@@]2(CN[C@H](C#N)C2)c2cc(F)ccc21. The van der Waals surface area contributed by atoms with E-state index in [4.69, 9.17) is 0 Å². The quantitative estimate of drug-likeness (QED) is 0.434. The Balaban J connectivity index is 1.75. The van der Waals surface area contributed by atoms with Crippen LogP contribution in [0.5, 0.6) is 0 Å². The molecule has 2 unspecified atom stereocenters. The van der Waals surface area contributed by atoms with Crippen LogP contribution < -0.4 is 20.9 Å². The van der Waals surface area contributed by atoms with E-state index in [9.17, 15) is 46.4 Å². The Morgan fingerprint density at radius 1 is 1.12 bits per heavy atom. The molecule has 0 aliphatic carbocycles. The third kappa shape index (κ3) is 6.08. The van der Waals surface area contributed by atoms with Crippen molar-refractivity contribution >= 4 is 29.3 Å². The molecule has 43 heavy (non-hydrogen) atoms. The minimum Gasteiger partial charge on any atom is -0.342 e. The molecule has 0 radical (unpaired) electrons. The highest BCUT2D eigenvalue weighted by molar-refractivity contribution is 6.24. The molecule has 4 rings (SSSR count). The molecule has 228 valence electrons. The van der Waals surface area contributed by atoms with E-state index in [1.54, 1.807) is 5.32 Å². The summed E-state index contributed by atoms with van der Waals surface area (Å²) in [4.78, 5) is 53.9. The van der Waals surface area contributed by atoms with Gasteiger partial charge in [-0.25, -0.2) is 13.7 Å². The summed E-state index contributed by atoms with van der Waals surface area (Å²) in [6.45, 7) is 4.07. The van der Waals surface area contributed by atoms with Gasteiger partial charge in [0, 0.05) is 13.0 Å². The largest absolute Gasteiger partial charge is 0.471 e. The summed E-state index contributed by atoms with van der Waals surface area (Å²) < 4.78 is 68.3. The number of halogens is 5. The average Bonchev–Trinajstić information content (AvgIpc) is 3.46. The lowest BCUT2D eigenvalue weighted by Gasteiger charge is -2.33. The van der Waals surface area contributed by atoms with Crippen molar-refractivity contribution in [3.8, 4) is 6.07 Å². The summed E-state index contributed by atoms with van der Waals surface area (Å²) in [5, 5.41) is 16.3. The summed E-state index contributed by atoms with van der Waals surface area (Å²) in [6.07, 6.45) is -5.91. The number of fused-ring (bicyclic) bond motifs is 2. The van der Waals surface area contributed by atoms with Gasteiger partial charge in [0.2, 0.25) is 11.8 Å². The molecule has 1 fully saturated rings. The van der Waals surface area contributed by atoms with Gasteiger partial charge in [0.1, 0.15) is 23.7 Å². The minimum atomic E-state index is -5.31. The van der Waals surface area contributed by atoms with Crippen LogP contribution in [0.4, 0.5) is 27.6 Å². The smallest absolute Gasteiger partial charge is 0.342 e. The molecular formula is C29H28F5N5O4. The summed E-state index contributed by atoms with van der Waals surface area (Å²) in [5.41, 5.74) is -2.70. The molecule has 2 aromatic carbocycles. The van der Waals surface area contributed by atoms with Crippen LogP contribution in [-0.2, 0) is 31.0 Å². The fraction of sp³-hybridized carbons (Fsp3) is 0.414. The number of rotatable bonds is 6. The van der Waals surface area contributed by atoms with Crippen LogP contribution in [-0.4, -0.2) is 54.5 Å². The zero-order valence-corrected chi connectivity index (χ0v) is 23.3. The predicted octanol–water partition coefficient (Wildman–Crippen LogP) is 2.78. The Hall–Kier alpha value is -4.38. The van der Waals surface area contributed by atoms with Gasteiger partial charge in [-0.2, -0.15) is 18.4 Å². The second kappa shape index (κ2) is 11.4. The van der Waals surface area contributed by atoms with Gasteiger partial charge in [-0.3, -0.25) is 19.2 Å². The Kier molecular flexibility index (Phi) is 8.34. The summed E-state index contributed by atoms with van der Waals surface area (Å²) in [5.74, 6) is -6.91. The van der Waals surface area contributed by atoms with Crippen LogP contribution in [0.25, 0.3) is 0 Å². The Morgan fingerprint density at radius 2 is 1.79 bits per heavy atom. The molecule has 1 saturated heterocycles. The fourth-order valence-corrected chi connectivity index (χ4v) is 5.38. The first-order chi connectivity index (χ1) is 20.0. The van der Waals surface area contributed by atoms with Gasteiger partial charge >= 0.3 is 12.1 Å². The summed E-state index contributed by atoms with van der Waals surface area (Å²) in [7, 11) is 0. The Morgan fingerprint density at radius 3 is 2.37 bits per heavy atom. The summed E-state index contributed by atoms with van der Waals surface area (Å²) >= 11 is 0. The van der Waals surface area contributed by atoms with E-state index in [0.29, 0.717) is 0 Å². The molecule has 0 saturated carbocycles. The van der Waals surface area contributed by atoms with Crippen molar-refractivity contribution in [1.29, 1.82) is 5.26 Å². The molecule has 14 heteroatoms. The van der Waals surface area contributed by atoms with Gasteiger partial charge in [-0.05, 0) is 47.2 Å². The minimum absolute atomic E-state index is 0.0117. The van der Waals surface area contributed by atoms with E-state index in [-0.39, 0.29) is 29.8 Å². The highest BCUT2D eigenvalue weighted by Gasteiger charge is 2.57. The fourth-order valence-electron chi connectivity index (χ4n) is 5.38. The third-order valence-electron chi connectivity index (χ3n) is 7.56. The molecule has 1 spiro atoms. The maximum atomic E-state index is 14.7. The van der Waals surface area contributed by atoms with Crippen LogP contribution in [0.2, 0.25) is 0 Å². The van der Waals surface area contributed by atoms with Crippen LogP contribution in [0, 0.1) is 28.4 Å². The van der Waals surface area contributed by atoms with E-state index >= 15 is 0 Å². The number of nitrogens with zero attached hydrogens (tertiary/aromatic N) is 2. The molecule has 2 aliphatic heterocycles. The number of nitrogens with one attached hydrogen (secondary N) is 3. The second-order valence-electron chi connectivity index (χ2n) is 11.6. The predicted molar refractivity (Wildman–Crippen MR) is 142 cm³/mol. The Bertz CT molecular complexity index is 1520. The number of hydrogen-bond donors (Lipinski definition) is 3. The van der Waals surface area contributed by atoms with E-state index in [1.807, 2.05) is 6.07 Å². The zero-order chi connectivity index (χ0) is 31.9. The maximum Gasteiger partial charge on any atom is 0.471 e. The van der Waals surface area contributed by atoms with Crippen LogP contribution in [0.15, 0.2) is 42.5 Å². The van der Waals surface area contributed by atoms with Gasteiger partial charge in [-0.15, -0.1) is 0 Å². The number of alkyl halides is 3. The van der Waals surface area contributed by atoms with Crippen LogP contribution in [0.1, 0.15) is 38.3 Å². The number of benzene rings is 2. The zero-order valence-electron chi connectivity index (χ0n) is 23.3. The molecule has 3 N–H and O–H groups in total. The summed E-state index contributed by atoms with van der Waals surface area (Å²) in [6, 6.07) is 6.25. The lowest BCUT2D eigenvalue weighted by molar-refractivity contribution is -0.175. The van der Waals surface area contributed by atoms with E-state index in [0.717, 1.165) is 23.1 Å². The number of carbonyl (C=O) groups excluding carboxylic acids is 4. The van der Waals surface area contributed by atoms with Gasteiger partial charge in [-0.1, -0.05) is 39.0 Å². The Labute approximate surface area is 243 Å². The molecular weight excluding hydrogens is 577 g/mol. The normalized spacial score (nSPS) is 21.2. The van der Waals surface area contributed by atoms with Crippen molar-refractivity contribution in [2.75, 3.05) is 11.4 Å². The molecule has 4 amide bonds. The van der Waals surface area contributed by atoms with Crippen molar-refractivity contribution in [3.05, 3.63) is 65.2 Å². The lowest BCUT2D eigenvalue weighted by Crippen LogP contribution is -2.60. The topological polar surface area (TPSA) is 131 Å². The average molecular weight is 606 g/mol. The molecule has 2 heterocycles. The van der Waals surface area contributed by atoms with Crippen molar-refractivity contribution in [1.82, 2.24) is 16.0 Å². The molecule has 4 atom stereocenters. The standard InChI is InChI=1S/C29H28F5N5O4/c1-27(2,3)22(38-25(42)29(32,33)34)23(40)37-20(10-15-6-4-5-7-19(15)31)24(41)39-21-9-8-16(30)11-18(21)28(26(39)43)12-17(13-35)36-14-28/h4-9,11,17,20,22,36H,10,12,14H2,1-3H3,(H,37,40)(H,38,42)/t17-,20?,22?,28-/m0/s1. The van der Waals surface area contributed by atoms with E-state index < -0.39 is 76.8 Å². The van der Waals surface area contributed by atoms with Gasteiger partial charge < -0.3 is 16.0 Å². The maximum absolute atomic E-state index is 14.7. The second-order valence-corrected chi connectivity index (χ2v) is 11.6. The number of nitriles is 1. The molecule has 2 aliphatic rings. The lowest BCUT2D eigenvalue weighted by atomic mass is 9.79. The van der Waals surface area contributed by atoms with Crippen molar-refractivity contribution < 1.29 is 41.1 Å². The van der Waals surface area contributed by atoms with Crippen molar-refractivity contribution in [2.24, 2.45) is 5.41 Å². The van der Waals surface area contributed by atoms with Gasteiger partial charge in [0.25, 0.3) is 5.91 Å². The monoisotopic (exact) mass is 605 g/mol. The highest BCUT2D eigenvalue weighted by atomic mass is 19.4. The first kappa shape index (κ1) is 31.6. The van der Waals surface area contributed by atoms with Crippen molar-refractivity contribution in [2.45, 2.75) is 63.3 Å². The first-order valence-corrected chi connectivity index (χ1v) is 13.2. The highest BCUT2D eigenvalue weighted by Crippen LogP contribution is 2.47. The molecule has 9 nitrogen and oxygen atoms in total. The number of amides is 4. The van der Waals surface area contributed by atoms with Gasteiger partial charge in [0.05, 0.1) is 23.2 Å². The number of anilines is 1. The first-order valence-electron chi connectivity index (χ1n) is 13.2. The van der Waals surface area contributed by atoms with Crippen LogP contribution in [0.3, 0.4) is 0 Å². The van der Waals surface area contributed by atoms with E-state index in [1.165, 1.54) is 45.0 Å². The third-order valence-corrected chi connectivity index (χ3v) is 7.56.